The predicted octanol–water partition coefficient (Wildman–Crippen LogP) is 2.21. The smallest absolute Gasteiger partial charge is 0.317 e. The molecule has 1 saturated carbocycles. The van der Waals surface area contributed by atoms with Crippen molar-refractivity contribution in [2.75, 3.05) is 19.6 Å². The van der Waals surface area contributed by atoms with E-state index >= 15 is 0 Å². The number of hydrogen-bond acceptors (Lipinski definition) is 4. The lowest BCUT2D eigenvalue weighted by atomic mass is 9.95. The minimum Gasteiger partial charge on any atom is -0.338 e. The number of aromatic nitrogens is 4. The molecule has 1 saturated heterocycles. The van der Waals surface area contributed by atoms with Crippen LogP contribution in [-0.4, -0.2) is 50.7 Å². The molecule has 1 aliphatic carbocycles. The first kappa shape index (κ1) is 16.1. The Hall–Kier alpha value is -2.44. The fraction of sp³-hybridized carbons (Fsp3) is 0.556. The van der Waals surface area contributed by atoms with Crippen LogP contribution in [-0.2, 0) is 6.42 Å². The van der Waals surface area contributed by atoms with Crippen molar-refractivity contribution < 1.29 is 4.79 Å². The average molecular weight is 340 g/mol. The highest BCUT2D eigenvalue weighted by Crippen LogP contribution is 2.37. The van der Waals surface area contributed by atoms with Crippen molar-refractivity contribution in [1.82, 2.24) is 30.4 Å². The van der Waals surface area contributed by atoms with Gasteiger partial charge in [0.1, 0.15) is 5.82 Å². The number of carbonyl (C=O) groups excluding carboxylic acids is 1. The van der Waals surface area contributed by atoms with Crippen LogP contribution in [0.5, 0.6) is 0 Å². The van der Waals surface area contributed by atoms with Crippen LogP contribution in [0.15, 0.2) is 24.7 Å². The summed E-state index contributed by atoms with van der Waals surface area (Å²) in [6.45, 7) is 2.17. The Kier molecular flexibility index (Phi) is 4.63. The lowest BCUT2D eigenvalue weighted by Crippen LogP contribution is -2.45. The molecule has 7 nitrogen and oxygen atoms in total. The second-order valence-electron chi connectivity index (χ2n) is 7.00. The zero-order valence-corrected chi connectivity index (χ0v) is 14.3. The molecule has 1 unspecified atom stereocenters. The summed E-state index contributed by atoms with van der Waals surface area (Å²) >= 11 is 0. The highest BCUT2D eigenvalue weighted by molar-refractivity contribution is 5.74. The summed E-state index contributed by atoms with van der Waals surface area (Å²) in [5, 5.41) is 10.1. The third kappa shape index (κ3) is 3.97. The topological polar surface area (TPSA) is 86.8 Å². The van der Waals surface area contributed by atoms with Gasteiger partial charge in [0.15, 0.2) is 0 Å². The maximum Gasteiger partial charge on any atom is 0.317 e. The van der Waals surface area contributed by atoms with E-state index in [1.54, 1.807) is 6.20 Å². The Balaban J connectivity index is 1.24. The maximum atomic E-state index is 12.4. The van der Waals surface area contributed by atoms with Crippen molar-refractivity contribution in [2.45, 2.75) is 43.9 Å². The Bertz CT molecular complexity index is 695. The van der Waals surface area contributed by atoms with Crippen molar-refractivity contribution in [3.63, 3.8) is 0 Å². The molecule has 2 N–H and O–H groups in total. The summed E-state index contributed by atoms with van der Waals surface area (Å²) in [5.74, 6) is 1.90. The second-order valence-corrected chi connectivity index (χ2v) is 7.00. The summed E-state index contributed by atoms with van der Waals surface area (Å²) in [6, 6.07) is 2.01. The minimum absolute atomic E-state index is 0.0136. The standard InChI is InChI=1S/C18H24N6O/c25-18(24-9-1-2-15(12-24)16-6-8-22-23-16)19-7-5-13-10-20-17(21-11-13)14-3-4-14/h6,8,10-11,14-15H,1-5,7,9,12H2,(H,19,25)(H,22,23). The minimum atomic E-state index is 0.0136. The van der Waals surface area contributed by atoms with E-state index in [9.17, 15) is 4.79 Å². The molecular formula is C18H24N6O. The van der Waals surface area contributed by atoms with E-state index < -0.39 is 0 Å². The molecule has 0 aromatic carbocycles. The van der Waals surface area contributed by atoms with Crippen molar-refractivity contribution in [1.29, 1.82) is 0 Å². The normalized spacial score (nSPS) is 20.5. The van der Waals surface area contributed by atoms with Gasteiger partial charge in [0.2, 0.25) is 0 Å². The molecule has 132 valence electrons. The van der Waals surface area contributed by atoms with Gasteiger partial charge in [-0.15, -0.1) is 0 Å². The van der Waals surface area contributed by atoms with E-state index in [-0.39, 0.29) is 6.03 Å². The van der Waals surface area contributed by atoms with E-state index in [1.807, 2.05) is 23.4 Å². The molecule has 4 rings (SSSR count). The molecule has 7 heteroatoms. The fourth-order valence-electron chi connectivity index (χ4n) is 3.38. The first-order valence-corrected chi connectivity index (χ1v) is 9.12. The molecule has 0 spiro atoms. The van der Waals surface area contributed by atoms with Crippen LogP contribution >= 0.6 is 0 Å². The van der Waals surface area contributed by atoms with Crippen LogP contribution < -0.4 is 5.32 Å². The number of aromatic amines is 1. The molecule has 1 atom stereocenters. The Morgan fingerprint density at radius 2 is 2.08 bits per heavy atom. The zero-order chi connectivity index (χ0) is 17.1. The monoisotopic (exact) mass is 340 g/mol. The number of nitrogens with one attached hydrogen (secondary N) is 2. The summed E-state index contributed by atoms with van der Waals surface area (Å²) in [4.78, 5) is 23.2. The summed E-state index contributed by atoms with van der Waals surface area (Å²) in [6.07, 6.45) is 10.9. The van der Waals surface area contributed by atoms with E-state index in [2.05, 4.69) is 25.5 Å². The van der Waals surface area contributed by atoms with Gasteiger partial charge in [-0.2, -0.15) is 5.10 Å². The Morgan fingerprint density at radius 1 is 1.24 bits per heavy atom. The number of nitrogens with zero attached hydrogens (tertiary/aromatic N) is 4. The molecule has 2 fully saturated rings. The highest BCUT2D eigenvalue weighted by atomic mass is 16.2. The molecule has 3 heterocycles. The molecule has 0 bridgehead atoms. The van der Waals surface area contributed by atoms with Crippen LogP contribution in [0.3, 0.4) is 0 Å². The zero-order valence-electron chi connectivity index (χ0n) is 14.3. The number of hydrogen-bond donors (Lipinski definition) is 2. The molecule has 2 aromatic heterocycles. The van der Waals surface area contributed by atoms with Crippen LogP contribution in [0.2, 0.25) is 0 Å². The van der Waals surface area contributed by atoms with Crippen molar-refractivity contribution in [3.05, 3.63) is 41.7 Å². The average Bonchev–Trinajstić information content (AvgIpc) is 3.36. The number of amides is 2. The van der Waals surface area contributed by atoms with Gasteiger partial charge in [0.05, 0.1) is 0 Å². The fourth-order valence-corrected chi connectivity index (χ4v) is 3.38. The first-order valence-electron chi connectivity index (χ1n) is 9.12. The van der Waals surface area contributed by atoms with Crippen molar-refractivity contribution >= 4 is 6.03 Å². The number of piperidine rings is 1. The molecule has 2 aromatic rings. The van der Waals surface area contributed by atoms with Crippen LogP contribution in [0.4, 0.5) is 4.79 Å². The molecule has 1 aliphatic heterocycles. The summed E-state index contributed by atoms with van der Waals surface area (Å²) in [5.41, 5.74) is 2.18. The maximum absolute atomic E-state index is 12.4. The van der Waals surface area contributed by atoms with Crippen molar-refractivity contribution in [2.24, 2.45) is 0 Å². The van der Waals surface area contributed by atoms with E-state index in [0.29, 0.717) is 18.4 Å². The summed E-state index contributed by atoms with van der Waals surface area (Å²) < 4.78 is 0. The van der Waals surface area contributed by atoms with E-state index in [0.717, 1.165) is 49.4 Å². The quantitative estimate of drug-likeness (QED) is 0.874. The van der Waals surface area contributed by atoms with Gasteiger partial charge in [-0.25, -0.2) is 14.8 Å². The Labute approximate surface area is 147 Å². The third-order valence-corrected chi connectivity index (χ3v) is 5.03. The lowest BCUT2D eigenvalue weighted by Gasteiger charge is -2.32. The molecule has 2 amide bonds. The predicted molar refractivity (Wildman–Crippen MR) is 93.2 cm³/mol. The Morgan fingerprint density at radius 3 is 2.80 bits per heavy atom. The first-order chi connectivity index (χ1) is 12.3. The number of likely N-dealkylation sites (tertiary alicyclic amines) is 1. The van der Waals surface area contributed by atoms with Crippen LogP contribution in [0.1, 0.15) is 54.6 Å². The highest BCUT2D eigenvalue weighted by Gasteiger charge is 2.26. The van der Waals surface area contributed by atoms with E-state index in [4.69, 9.17) is 0 Å². The molecular weight excluding hydrogens is 316 g/mol. The van der Waals surface area contributed by atoms with Gasteiger partial charge >= 0.3 is 6.03 Å². The molecule has 25 heavy (non-hydrogen) atoms. The molecule has 0 radical (unpaired) electrons. The van der Waals surface area contributed by atoms with E-state index in [1.165, 1.54) is 12.8 Å². The number of rotatable bonds is 5. The van der Waals surface area contributed by atoms with Gasteiger partial charge < -0.3 is 10.2 Å². The summed E-state index contributed by atoms with van der Waals surface area (Å²) in [7, 11) is 0. The number of carbonyl (C=O) groups is 1. The largest absolute Gasteiger partial charge is 0.338 e. The second kappa shape index (κ2) is 7.21. The number of H-pyrrole nitrogens is 1. The molecule has 2 aliphatic rings. The van der Waals surface area contributed by atoms with Gasteiger partial charge in [-0.05, 0) is 43.7 Å². The van der Waals surface area contributed by atoms with Gasteiger partial charge in [-0.1, -0.05) is 0 Å². The van der Waals surface area contributed by atoms with Crippen LogP contribution in [0, 0.1) is 0 Å². The third-order valence-electron chi connectivity index (χ3n) is 5.03. The van der Waals surface area contributed by atoms with Gasteiger partial charge in [0.25, 0.3) is 0 Å². The van der Waals surface area contributed by atoms with Gasteiger partial charge in [-0.3, -0.25) is 5.10 Å². The van der Waals surface area contributed by atoms with Crippen molar-refractivity contribution in [3.8, 4) is 0 Å². The SMILES string of the molecule is O=C(NCCc1cnc(C2CC2)nc1)N1CCCC(c2ccn[nH]2)C1. The number of urea groups is 1. The van der Waals surface area contributed by atoms with Gasteiger partial charge in [0, 0.05) is 55.8 Å². The lowest BCUT2D eigenvalue weighted by molar-refractivity contribution is 0.179. The van der Waals surface area contributed by atoms with Crippen LogP contribution in [0.25, 0.3) is 0 Å².